The predicted molar refractivity (Wildman–Crippen MR) is 128 cm³/mol. The van der Waals surface area contributed by atoms with Gasteiger partial charge in [0, 0.05) is 35.4 Å². The summed E-state index contributed by atoms with van der Waals surface area (Å²) in [6.45, 7) is 6.64. The first-order valence-electron chi connectivity index (χ1n) is 10.3. The van der Waals surface area contributed by atoms with Gasteiger partial charge in [-0.2, -0.15) is 4.98 Å². The van der Waals surface area contributed by atoms with Crippen LogP contribution in [0, 0.1) is 6.92 Å². The number of aromatic nitrogens is 2. The lowest BCUT2D eigenvalue weighted by molar-refractivity contribution is -0.129. The van der Waals surface area contributed by atoms with Crippen LogP contribution in [-0.2, 0) is 4.79 Å². The molecule has 2 heterocycles. The minimum absolute atomic E-state index is 0.170. The van der Waals surface area contributed by atoms with Gasteiger partial charge >= 0.3 is 0 Å². The van der Waals surface area contributed by atoms with Crippen molar-refractivity contribution >= 4 is 40.6 Å². The highest BCUT2D eigenvalue weighted by molar-refractivity contribution is 6.31. The van der Waals surface area contributed by atoms with Gasteiger partial charge in [-0.3, -0.25) is 4.79 Å². The molecule has 0 saturated carbocycles. The molecule has 8 nitrogen and oxygen atoms in total. The van der Waals surface area contributed by atoms with E-state index in [-0.39, 0.29) is 11.9 Å². The molecular weight excluding hydrogens is 428 g/mol. The summed E-state index contributed by atoms with van der Waals surface area (Å²) in [5.74, 6) is 1.29. The van der Waals surface area contributed by atoms with E-state index in [9.17, 15) is 4.79 Å². The van der Waals surface area contributed by atoms with Crippen LogP contribution >= 0.6 is 11.6 Å². The molecule has 0 saturated heterocycles. The Kier molecular flexibility index (Phi) is 5.80. The van der Waals surface area contributed by atoms with Crippen LogP contribution in [0.25, 0.3) is 11.3 Å². The maximum atomic E-state index is 12.1. The number of ether oxygens (including phenoxy) is 1. The summed E-state index contributed by atoms with van der Waals surface area (Å²) in [6, 6.07) is 13.1. The summed E-state index contributed by atoms with van der Waals surface area (Å²) in [5.41, 5.74) is 9.11. The first-order chi connectivity index (χ1) is 15.2. The van der Waals surface area contributed by atoms with Gasteiger partial charge < -0.3 is 26.4 Å². The van der Waals surface area contributed by atoms with Gasteiger partial charge in [-0.05, 0) is 50.6 Å². The van der Waals surface area contributed by atoms with Crippen LogP contribution in [0.3, 0.4) is 0 Å². The number of carbonyl (C=O) groups is 1. The molecule has 0 radical (unpaired) electrons. The molecule has 4 rings (SSSR count). The Bertz CT molecular complexity index is 1180. The van der Waals surface area contributed by atoms with E-state index in [2.05, 4.69) is 25.9 Å². The van der Waals surface area contributed by atoms with E-state index in [1.54, 1.807) is 13.8 Å². The number of benzene rings is 2. The fraction of sp³-hybridized carbons (Fsp3) is 0.261. The van der Waals surface area contributed by atoms with Crippen LogP contribution < -0.4 is 26.4 Å². The number of amides is 1. The van der Waals surface area contributed by atoms with Crippen molar-refractivity contribution in [3.63, 3.8) is 0 Å². The number of nitrogens with one attached hydrogen (secondary N) is 3. The largest absolute Gasteiger partial charge is 0.476 e. The first kappa shape index (κ1) is 21.7. The zero-order chi connectivity index (χ0) is 22.9. The molecule has 0 bridgehead atoms. The van der Waals surface area contributed by atoms with Gasteiger partial charge in [0.05, 0.1) is 11.4 Å². The third-order valence-corrected chi connectivity index (χ3v) is 5.60. The van der Waals surface area contributed by atoms with Crippen LogP contribution in [-0.4, -0.2) is 34.6 Å². The summed E-state index contributed by atoms with van der Waals surface area (Å²) in [6.07, 6.45) is 0. The number of fused-ring (bicyclic) bond motifs is 1. The maximum absolute atomic E-state index is 12.1. The van der Waals surface area contributed by atoms with E-state index in [4.69, 9.17) is 22.1 Å². The molecule has 0 aliphatic carbocycles. The summed E-state index contributed by atoms with van der Waals surface area (Å²) in [4.78, 5) is 20.7. The highest BCUT2D eigenvalue weighted by atomic mass is 35.5. The summed E-state index contributed by atoms with van der Waals surface area (Å²) in [5, 5.41) is 10.1. The summed E-state index contributed by atoms with van der Waals surface area (Å²) >= 11 is 6.24. The molecule has 1 amide bonds. The van der Waals surface area contributed by atoms with Gasteiger partial charge in [-0.25, -0.2) is 4.98 Å². The van der Waals surface area contributed by atoms with Crippen molar-refractivity contribution in [3.8, 4) is 17.0 Å². The van der Waals surface area contributed by atoms with E-state index in [1.807, 2.05) is 49.4 Å². The zero-order valence-electron chi connectivity index (χ0n) is 18.1. The smallest absolute Gasteiger partial charge is 0.268 e. The molecule has 166 valence electrons. The summed E-state index contributed by atoms with van der Waals surface area (Å²) in [7, 11) is 0. The molecule has 1 aliphatic rings. The van der Waals surface area contributed by atoms with E-state index < -0.39 is 5.60 Å². The van der Waals surface area contributed by atoms with E-state index in [0.29, 0.717) is 41.1 Å². The van der Waals surface area contributed by atoms with Crippen molar-refractivity contribution in [2.24, 2.45) is 0 Å². The number of anilines is 4. The van der Waals surface area contributed by atoms with Crippen molar-refractivity contribution in [3.05, 3.63) is 53.1 Å². The Balaban J connectivity index is 1.39. The molecule has 1 aromatic heterocycles. The lowest BCUT2D eigenvalue weighted by atomic mass is 10.1. The average molecular weight is 453 g/mol. The molecule has 9 heteroatoms. The van der Waals surface area contributed by atoms with Gasteiger partial charge in [-0.15, -0.1) is 0 Å². The van der Waals surface area contributed by atoms with Crippen LogP contribution in [0.4, 0.5) is 23.1 Å². The fourth-order valence-electron chi connectivity index (χ4n) is 3.40. The Morgan fingerprint density at radius 1 is 1.12 bits per heavy atom. The molecular formula is C23H25ClN6O2. The SMILES string of the molecule is Cc1c(Cl)cccc1-c1cc(NCCNc2ccc3c(c2)NC(=O)C(C)(C)O3)nc(N)n1. The van der Waals surface area contributed by atoms with E-state index in [1.165, 1.54) is 0 Å². The highest BCUT2D eigenvalue weighted by Gasteiger charge is 2.35. The van der Waals surface area contributed by atoms with Crippen molar-refractivity contribution in [2.75, 3.05) is 34.8 Å². The number of hydrogen-bond donors (Lipinski definition) is 4. The maximum Gasteiger partial charge on any atom is 0.268 e. The predicted octanol–water partition coefficient (Wildman–Crippen LogP) is 4.32. The van der Waals surface area contributed by atoms with Gasteiger partial charge in [0.2, 0.25) is 5.95 Å². The quantitative estimate of drug-likeness (QED) is 0.412. The molecule has 1 aliphatic heterocycles. The topological polar surface area (TPSA) is 114 Å². The number of nitrogens with two attached hydrogens (primary N) is 1. The lowest BCUT2D eigenvalue weighted by Crippen LogP contribution is -2.45. The van der Waals surface area contributed by atoms with E-state index >= 15 is 0 Å². The number of rotatable bonds is 6. The third-order valence-electron chi connectivity index (χ3n) is 5.19. The second-order valence-electron chi connectivity index (χ2n) is 8.04. The van der Waals surface area contributed by atoms with Crippen LogP contribution in [0.15, 0.2) is 42.5 Å². The third kappa shape index (κ3) is 4.55. The van der Waals surface area contributed by atoms with Crippen LogP contribution in [0.1, 0.15) is 19.4 Å². The van der Waals surface area contributed by atoms with Crippen molar-refractivity contribution in [1.29, 1.82) is 0 Å². The van der Waals surface area contributed by atoms with E-state index in [0.717, 1.165) is 16.8 Å². The Morgan fingerprint density at radius 3 is 2.72 bits per heavy atom. The molecule has 0 spiro atoms. The molecule has 5 N–H and O–H groups in total. The Hall–Kier alpha value is -3.52. The average Bonchev–Trinajstić information content (AvgIpc) is 2.73. The van der Waals surface area contributed by atoms with Gasteiger partial charge in [-0.1, -0.05) is 23.7 Å². The second kappa shape index (κ2) is 8.55. The van der Waals surface area contributed by atoms with Crippen molar-refractivity contribution < 1.29 is 9.53 Å². The van der Waals surface area contributed by atoms with Crippen LogP contribution in [0.5, 0.6) is 5.75 Å². The number of nitrogen functional groups attached to an aromatic ring is 1. The monoisotopic (exact) mass is 452 g/mol. The van der Waals surface area contributed by atoms with Gasteiger partial charge in [0.1, 0.15) is 11.6 Å². The minimum atomic E-state index is -0.881. The minimum Gasteiger partial charge on any atom is -0.476 e. The summed E-state index contributed by atoms with van der Waals surface area (Å²) < 4.78 is 5.76. The van der Waals surface area contributed by atoms with Crippen molar-refractivity contribution in [1.82, 2.24) is 9.97 Å². The molecule has 0 fully saturated rings. The molecule has 0 atom stereocenters. The first-order valence-corrected chi connectivity index (χ1v) is 10.6. The highest BCUT2D eigenvalue weighted by Crippen LogP contribution is 2.35. The fourth-order valence-corrected chi connectivity index (χ4v) is 3.57. The van der Waals surface area contributed by atoms with Crippen molar-refractivity contribution in [2.45, 2.75) is 26.4 Å². The Labute approximate surface area is 191 Å². The zero-order valence-corrected chi connectivity index (χ0v) is 18.9. The molecule has 2 aromatic carbocycles. The lowest BCUT2D eigenvalue weighted by Gasteiger charge is -2.31. The Morgan fingerprint density at radius 2 is 1.91 bits per heavy atom. The number of halogens is 1. The number of carbonyl (C=O) groups excluding carboxylic acids is 1. The normalized spacial score (nSPS) is 14.2. The standard InChI is InChI=1S/C23H25ClN6O2/c1-13-15(5-4-6-16(13)24)17-12-20(30-22(25)29-17)27-10-9-26-14-7-8-19-18(11-14)28-21(31)23(2,3)32-19/h4-8,11-12,26H,9-10H2,1-3H3,(H,28,31)(H3,25,27,29,30). The molecule has 3 aromatic rings. The number of nitrogens with zero attached hydrogens (tertiary/aromatic N) is 2. The molecule has 32 heavy (non-hydrogen) atoms. The molecule has 0 unspecified atom stereocenters. The van der Waals surface area contributed by atoms with Gasteiger partial charge in [0.25, 0.3) is 5.91 Å². The second-order valence-corrected chi connectivity index (χ2v) is 8.45. The van der Waals surface area contributed by atoms with Crippen LogP contribution in [0.2, 0.25) is 5.02 Å². The van der Waals surface area contributed by atoms with Gasteiger partial charge in [0.15, 0.2) is 5.60 Å². The number of hydrogen-bond acceptors (Lipinski definition) is 7.